The summed E-state index contributed by atoms with van der Waals surface area (Å²) in [5.74, 6) is -0.336. The number of benzene rings is 1. The molecule has 0 saturated heterocycles. The Morgan fingerprint density at radius 3 is 2.83 bits per heavy atom. The Morgan fingerprint density at radius 2 is 2.09 bits per heavy atom. The van der Waals surface area contributed by atoms with Gasteiger partial charge >= 0.3 is 0 Å². The van der Waals surface area contributed by atoms with Gasteiger partial charge in [0.25, 0.3) is 5.91 Å². The van der Waals surface area contributed by atoms with Crippen LogP contribution in [0.15, 0.2) is 42.6 Å². The van der Waals surface area contributed by atoms with Crippen molar-refractivity contribution in [2.45, 2.75) is 19.5 Å². The number of amides is 1. The molecule has 3 heterocycles. The molecule has 0 aliphatic carbocycles. The number of carbonyl (C=O) groups is 1. The summed E-state index contributed by atoms with van der Waals surface area (Å²) in [5, 5.41) is 4.90. The Labute approximate surface area is 136 Å². The minimum atomic E-state index is -1.51. The zero-order chi connectivity index (χ0) is 15.8. The number of nitrogens with one attached hydrogen (secondary N) is 1. The zero-order valence-electron chi connectivity index (χ0n) is 12.4. The van der Waals surface area contributed by atoms with Gasteiger partial charge in [-0.3, -0.25) is 14.4 Å². The number of rotatable bonds is 3. The summed E-state index contributed by atoms with van der Waals surface area (Å²) in [4.78, 5) is 13.7. The molecule has 2 aromatic rings. The van der Waals surface area contributed by atoms with Gasteiger partial charge in [0.1, 0.15) is 0 Å². The summed E-state index contributed by atoms with van der Waals surface area (Å²) in [7, 11) is -1.51. The van der Waals surface area contributed by atoms with E-state index in [0.717, 1.165) is 37.3 Å². The Balaban J connectivity index is 1.53. The van der Waals surface area contributed by atoms with Gasteiger partial charge in [-0.25, -0.2) is 8.89 Å². The van der Waals surface area contributed by atoms with Crippen LogP contribution in [0.2, 0.25) is 0 Å². The van der Waals surface area contributed by atoms with Crippen LogP contribution in [0.4, 0.5) is 0 Å². The second-order valence-electron chi connectivity index (χ2n) is 5.71. The van der Waals surface area contributed by atoms with Crippen molar-refractivity contribution in [3.8, 4) is 0 Å². The van der Waals surface area contributed by atoms with E-state index >= 15 is 0 Å². The van der Waals surface area contributed by atoms with Crippen LogP contribution in [0.5, 0.6) is 0 Å². The summed E-state index contributed by atoms with van der Waals surface area (Å²) < 4.78 is 15.8. The van der Waals surface area contributed by atoms with Crippen molar-refractivity contribution in [1.82, 2.24) is 19.4 Å². The molecule has 1 aromatic carbocycles. The fourth-order valence-electron chi connectivity index (χ4n) is 2.95. The Hall–Kier alpha value is -2.25. The maximum absolute atomic E-state index is 11.8. The molecule has 1 aromatic heterocycles. The van der Waals surface area contributed by atoms with Crippen LogP contribution in [0.25, 0.3) is 5.03 Å². The molecule has 0 radical (unpaired) electrons. The number of hydrogen-bond donors (Lipinski definition) is 1. The third kappa shape index (κ3) is 2.85. The van der Waals surface area contributed by atoms with Crippen molar-refractivity contribution in [2.24, 2.45) is 0 Å². The lowest BCUT2D eigenvalue weighted by atomic mass is 10.1. The van der Waals surface area contributed by atoms with Crippen molar-refractivity contribution in [1.29, 1.82) is 0 Å². The van der Waals surface area contributed by atoms with Crippen LogP contribution in [0.3, 0.4) is 0 Å². The molecule has 0 fully saturated rings. The molecule has 1 amide bonds. The van der Waals surface area contributed by atoms with E-state index in [4.69, 9.17) is 0 Å². The lowest BCUT2D eigenvalue weighted by molar-refractivity contribution is -0.114. The standard InChI is InChI=1S/C16H16N4O2S/c21-15-8-16(23(22)18-15)20-11-13-10-19(7-6-14(13)17-20)9-12-4-2-1-3-5-12/h1-5,8,11H,6-7,9-10H2,(H,18,21). The summed E-state index contributed by atoms with van der Waals surface area (Å²) in [6.45, 7) is 2.66. The maximum atomic E-state index is 11.8. The first kappa shape index (κ1) is 14.3. The molecule has 2 aliphatic heterocycles. The third-order valence-electron chi connectivity index (χ3n) is 4.05. The molecule has 118 valence electrons. The highest BCUT2D eigenvalue weighted by molar-refractivity contribution is 7.93. The van der Waals surface area contributed by atoms with E-state index < -0.39 is 11.0 Å². The second-order valence-corrected chi connectivity index (χ2v) is 6.87. The highest BCUT2D eigenvalue weighted by Gasteiger charge is 2.25. The van der Waals surface area contributed by atoms with Gasteiger partial charge in [0.2, 0.25) is 0 Å². The fraction of sp³-hybridized carbons (Fsp3) is 0.250. The molecule has 0 spiro atoms. The van der Waals surface area contributed by atoms with E-state index in [-0.39, 0.29) is 5.91 Å². The van der Waals surface area contributed by atoms with Gasteiger partial charge in [0.05, 0.1) is 5.69 Å². The van der Waals surface area contributed by atoms with Crippen LogP contribution in [0, 0.1) is 0 Å². The average Bonchev–Trinajstić information content (AvgIpc) is 3.10. The molecule has 23 heavy (non-hydrogen) atoms. The van der Waals surface area contributed by atoms with E-state index in [2.05, 4.69) is 39.0 Å². The van der Waals surface area contributed by atoms with Crippen LogP contribution in [-0.2, 0) is 35.3 Å². The summed E-state index contributed by atoms with van der Waals surface area (Å²) >= 11 is 0. The molecule has 1 unspecified atom stereocenters. The molecule has 1 N–H and O–H groups in total. The minimum Gasteiger partial charge on any atom is -0.294 e. The van der Waals surface area contributed by atoms with Crippen molar-refractivity contribution < 1.29 is 9.00 Å². The third-order valence-corrected chi connectivity index (χ3v) is 5.12. The van der Waals surface area contributed by atoms with Gasteiger partial charge in [-0.1, -0.05) is 30.3 Å². The zero-order valence-corrected chi connectivity index (χ0v) is 13.3. The van der Waals surface area contributed by atoms with Gasteiger partial charge in [-0.2, -0.15) is 5.10 Å². The molecular weight excluding hydrogens is 312 g/mol. The molecule has 2 aliphatic rings. The molecule has 1 atom stereocenters. The van der Waals surface area contributed by atoms with Gasteiger partial charge in [-0.15, -0.1) is 0 Å². The largest absolute Gasteiger partial charge is 0.294 e. The first-order valence-electron chi connectivity index (χ1n) is 7.47. The fourth-order valence-corrected chi connectivity index (χ4v) is 3.77. The number of hydrogen-bond acceptors (Lipinski definition) is 4. The molecule has 0 bridgehead atoms. The first-order valence-corrected chi connectivity index (χ1v) is 8.62. The van der Waals surface area contributed by atoms with E-state index in [1.807, 2.05) is 12.3 Å². The van der Waals surface area contributed by atoms with Crippen molar-refractivity contribution in [2.75, 3.05) is 6.54 Å². The van der Waals surface area contributed by atoms with Crippen molar-refractivity contribution in [3.05, 3.63) is 59.4 Å². The van der Waals surface area contributed by atoms with Gasteiger partial charge in [0.15, 0.2) is 16.0 Å². The highest BCUT2D eigenvalue weighted by Crippen LogP contribution is 2.22. The van der Waals surface area contributed by atoms with Crippen molar-refractivity contribution in [3.63, 3.8) is 0 Å². The van der Waals surface area contributed by atoms with Crippen LogP contribution in [0.1, 0.15) is 16.8 Å². The normalized spacial score (nSPS) is 21.0. The van der Waals surface area contributed by atoms with E-state index in [1.54, 1.807) is 4.68 Å². The number of fused-ring (bicyclic) bond motifs is 1. The Morgan fingerprint density at radius 1 is 1.26 bits per heavy atom. The van der Waals surface area contributed by atoms with Crippen LogP contribution >= 0.6 is 0 Å². The Bertz CT molecular complexity index is 813. The molecule has 7 heteroatoms. The SMILES string of the molecule is O=C1C=C(n2cc3c(n2)CCN(Cc2ccccc2)C3)S(=O)N1. The first-order chi connectivity index (χ1) is 11.2. The lowest BCUT2D eigenvalue weighted by Crippen LogP contribution is -2.29. The van der Waals surface area contributed by atoms with E-state index in [1.165, 1.54) is 11.6 Å². The smallest absolute Gasteiger partial charge is 0.258 e. The monoisotopic (exact) mass is 328 g/mol. The van der Waals surface area contributed by atoms with E-state index in [9.17, 15) is 9.00 Å². The lowest BCUT2D eigenvalue weighted by Gasteiger charge is -2.25. The van der Waals surface area contributed by atoms with Crippen LogP contribution in [-0.4, -0.2) is 31.3 Å². The maximum Gasteiger partial charge on any atom is 0.258 e. The topological polar surface area (TPSA) is 67.2 Å². The summed E-state index contributed by atoms with van der Waals surface area (Å²) in [6.07, 6.45) is 4.09. The average molecular weight is 328 g/mol. The quantitative estimate of drug-likeness (QED) is 0.914. The van der Waals surface area contributed by atoms with Crippen LogP contribution < -0.4 is 4.72 Å². The minimum absolute atomic E-state index is 0.336. The van der Waals surface area contributed by atoms with E-state index in [0.29, 0.717) is 5.03 Å². The second kappa shape index (κ2) is 5.75. The van der Waals surface area contributed by atoms with Crippen molar-refractivity contribution >= 4 is 21.9 Å². The van der Waals surface area contributed by atoms with Gasteiger partial charge in [0, 0.05) is 43.9 Å². The highest BCUT2D eigenvalue weighted by atomic mass is 32.2. The Kier molecular flexibility index (Phi) is 3.59. The molecule has 0 saturated carbocycles. The van der Waals surface area contributed by atoms with Gasteiger partial charge in [-0.05, 0) is 5.56 Å². The summed E-state index contributed by atoms with van der Waals surface area (Å²) in [5.41, 5.74) is 3.44. The number of nitrogens with zero attached hydrogens (tertiary/aromatic N) is 3. The molecular formula is C16H16N4O2S. The molecule has 6 nitrogen and oxygen atoms in total. The summed E-state index contributed by atoms with van der Waals surface area (Å²) in [6, 6.07) is 10.4. The number of carbonyl (C=O) groups excluding carboxylic acids is 1. The predicted octanol–water partition coefficient (Wildman–Crippen LogP) is 1.03. The molecule has 4 rings (SSSR count). The predicted molar refractivity (Wildman–Crippen MR) is 87.0 cm³/mol. The number of aromatic nitrogens is 2. The van der Waals surface area contributed by atoms with Gasteiger partial charge < -0.3 is 0 Å².